The molecule has 0 amide bonds. The van der Waals surface area contributed by atoms with Gasteiger partial charge in [-0.1, -0.05) is 19.4 Å². The zero-order valence-corrected chi connectivity index (χ0v) is 17.5. The Balaban J connectivity index is 1.62. The molecule has 4 rings (SSSR count). The van der Waals surface area contributed by atoms with E-state index in [0.29, 0.717) is 12.3 Å². The molecule has 0 spiro atoms. The number of carbonyl (C=O) groups is 3. The van der Waals surface area contributed by atoms with Crippen LogP contribution >= 0.6 is 0 Å². The summed E-state index contributed by atoms with van der Waals surface area (Å²) in [6.07, 6.45) is 8.02. The van der Waals surface area contributed by atoms with Crippen molar-refractivity contribution < 1.29 is 23.9 Å². The highest BCUT2D eigenvalue weighted by molar-refractivity contribution is 5.94. The standard InChI is InChI=1S/C23H32O5/c1-13(24)27-16-7-9-22(3)15(11-16)12-19(26)21-17-5-6-20(28-14(2)25)23(17,4)10-8-18(21)22/h12,16-18,20-21H,5-11H2,1-4H3/t16-,17+,18+,20+,21+,22-,23-/m0/s1. The average molecular weight is 389 g/mol. The lowest BCUT2D eigenvalue weighted by atomic mass is 9.47. The topological polar surface area (TPSA) is 69.7 Å². The number of carbonyl (C=O) groups excluding carboxylic acids is 3. The molecule has 5 nitrogen and oxygen atoms in total. The van der Waals surface area contributed by atoms with Crippen molar-refractivity contribution >= 4 is 17.7 Å². The summed E-state index contributed by atoms with van der Waals surface area (Å²) in [6, 6.07) is 0. The molecule has 0 saturated heterocycles. The van der Waals surface area contributed by atoms with Crippen LogP contribution in [0.4, 0.5) is 0 Å². The van der Waals surface area contributed by atoms with Crippen molar-refractivity contribution in [1.82, 2.24) is 0 Å². The summed E-state index contributed by atoms with van der Waals surface area (Å²) in [6.45, 7) is 7.46. The minimum absolute atomic E-state index is 0.01000. The van der Waals surface area contributed by atoms with Crippen LogP contribution in [0.5, 0.6) is 0 Å². The van der Waals surface area contributed by atoms with E-state index < -0.39 is 0 Å². The van der Waals surface area contributed by atoms with E-state index in [1.807, 2.05) is 6.08 Å². The molecular weight excluding hydrogens is 356 g/mol. The first-order valence-electron chi connectivity index (χ1n) is 10.7. The Kier molecular flexibility index (Phi) is 4.71. The van der Waals surface area contributed by atoms with Gasteiger partial charge in [-0.2, -0.15) is 0 Å². The van der Waals surface area contributed by atoms with Crippen LogP contribution in [0.3, 0.4) is 0 Å². The minimum atomic E-state index is -0.245. The summed E-state index contributed by atoms with van der Waals surface area (Å²) in [7, 11) is 0. The molecular formula is C23H32O5. The summed E-state index contributed by atoms with van der Waals surface area (Å²) in [5.41, 5.74) is 1.09. The van der Waals surface area contributed by atoms with Crippen molar-refractivity contribution in [3.8, 4) is 0 Å². The molecule has 0 aromatic heterocycles. The maximum absolute atomic E-state index is 13.3. The van der Waals surface area contributed by atoms with E-state index in [1.165, 1.54) is 19.4 Å². The number of allylic oxidation sites excluding steroid dienone is 1. The summed E-state index contributed by atoms with van der Waals surface area (Å²) >= 11 is 0. The van der Waals surface area contributed by atoms with Crippen molar-refractivity contribution in [2.24, 2.45) is 28.6 Å². The van der Waals surface area contributed by atoms with Gasteiger partial charge >= 0.3 is 11.9 Å². The first kappa shape index (κ1) is 19.7. The predicted molar refractivity (Wildman–Crippen MR) is 103 cm³/mol. The molecule has 0 aromatic carbocycles. The molecule has 5 heteroatoms. The van der Waals surface area contributed by atoms with E-state index in [4.69, 9.17) is 9.47 Å². The number of hydrogen-bond acceptors (Lipinski definition) is 5. The molecule has 4 aliphatic carbocycles. The Bertz CT molecular complexity index is 739. The van der Waals surface area contributed by atoms with E-state index >= 15 is 0 Å². The zero-order chi connectivity index (χ0) is 20.3. The van der Waals surface area contributed by atoms with Gasteiger partial charge in [0.25, 0.3) is 0 Å². The monoisotopic (exact) mass is 388 g/mol. The SMILES string of the molecule is CC(=O)O[C@H]1CC[C@@]2(C)C(=CC(=O)[C@@H]3[C@H]4CC[C@@H](OC(C)=O)[C@@]4(C)CC[C@H]32)C1. The molecule has 0 N–H and O–H groups in total. The zero-order valence-electron chi connectivity index (χ0n) is 17.5. The van der Waals surface area contributed by atoms with Gasteiger partial charge in [-0.15, -0.1) is 0 Å². The van der Waals surface area contributed by atoms with Gasteiger partial charge in [0.2, 0.25) is 0 Å². The molecule has 0 aliphatic heterocycles. The second kappa shape index (κ2) is 6.70. The highest BCUT2D eigenvalue weighted by Crippen LogP contribution is 2.64. The third-order valence-electron chi connectivity index (χ3n) is 8.45. The van der Waals surface area contributed by atoms with Crippen molar-refractivity contribution in [3.63, 3.8) is 0 Å². The van der Waals surface area contributed by atoms with Crippen molar-refractivity contribution in [2.75, 3.05) is 0 Å². The van der Waals surface area contributed by atoms with Gasteiger partial charge < -0.3 is 9.47 Å². The first-order valence-corrected chi connectivity index (χ1v) is 10.7. The van der Waals surface area contributed by atoms with Gasteiger partial charge in [0.15, 0.2) is 5.78 Å². The maximum Gasteiger partial charge on any atom is 0.302 e. The third kappa shape index (κ3) is 2.93. The summed E-state index contributed by atoms with van der Waals surface area (Å²) in [5, 5.41) is 0. The highest BCUT2D eigenvalue weighted by Gasteiger charge is 2.61. The van der Waals surface area contributed by atoms with Gasteiger partial charge in [0.1, 0.15) is 12.2 Å². The molecule has 3 saturated carbocycles. The van der Waals surface area contributed by atoms with Crippen LogP contribution in [0.2, 0.25) is 0 Å². The van der Waals surface area contributed by atoms with E-state index in [9.17, 15) is 14.4 Å². The fourth-order valence-corrected chi connectivity index (χ4v) is 7.05. The highest BCUT2D eigenvalue weighted by atomic mass is 16.5. The molecule has 7 atom stereocenters. The van der Waals surface area contributed by atoms with E-state index in [0.717, 1.165) is 38.5 Å². The number of rotatable bonds is 2. The van der Waals surface area contributed by atoms with E-state index in [1.54, 1.807) is 0 Å². The summed E-state index contributed by atoms with van der Waals surface area (Å²) < 4.78 is 11.1. The second-order valence-electron chi connectivity index (χ2n) is 9.92. The van der Waals surface area contributed by atoms with Crippen LogP contribution in [0.15, 0.2) is 11.6 Å². The lowest BCUT2D eigenvalue weighted by Gasteiger charge is -2.56. The summed E-state index contributed by atoms with van der Waals surface area (Å²) in [5.74, 6) is 0.419. The Morgan fingerprint density at radius 3 is 2.36 bits per heavy atom. The number of ether oxygens (including phenoxy) is 2. The lowest BCUT2D eigenvalue weighted by Crippen LogP contribution is -2.54. The molecule has 0 heterocycles. The van der Waals surface area contributed by atoms with Crippen LogP contribution in [0.25, 0.3) is 0 Å². The fourth-order valence-electron chi connectivity index (χ4n) is 7.05. The van der Waals surface area contributed by atoms with Crippen LogP contribution in [0.1, 0.15) is 72.6 Å². The molecule has 0 bridgehead atoms. The number of esters is 2. The first-order chi connectivity index (χ1) is 13.1. The molecule has 0 unspecified atom stereocenters. The van der Waals surface area contributed by atoms with Crippen LogP contribution < -0.4 is 0 Å². The van der Waals surface area contributed by atoms with Crippen molar-refractivity contribution in [1.29, 1.82) is 0 Å². The van der Waals surface area contributed by atoms with Gasteiger partial charge in [0.05, 0.1) is 0 Å². The van der Waals surface area contributed by atoms with E-state index in [-0.39, 0.29) is 52.6 Å². The Morgan fingerprint density at radius 1 is 0.964 bits per heavy atom. The third-order valence-corrected chi connectivity index (χ3v) is 8.45. The molecule has 154 valence electrons. The van der Waals surface area contributed by atoms with Crippen LogP contribution in [0, 0.1) is 28.6 Å². The Morgan fingerprint density at radius 2 is 1.68 bits per heavy atom. The van der Waals surface area contributed by atoms with Gasteiger partial charge in [-0.25, -0.2) is 0 Å². The molecule has 28 heavy (non-hydrogen) atoms. The van der Waals surface area contributed by atoms with Gasteiger partial charge in [-0.3, -0.25) is 14.4 Å². The van der Waals surface area contributed by atoms with Crippen LogP contribution in [-0.4, -0.2) is 29.9 Å². The largest absolute Gasteiger partial charge is 0.462 e. The normalized spacial score (nSPS) is 44.6. The van der Waals surface area contributed by atoms with Gasteiger partial charge in [-0.05, 0) is 61.9 Å². The average Bonchev–Trinajstić information content (AvgIpc) is 2.92. The predicted octanol–water partition coefficient (Wildman–Crippen LogP) is 3.99. The maximum atomic E-state index is 13.3. The minimum Gasteiger partial charge on any atom is -0.462 e. The lowest BCUT2D eigenvalue weighted by molar-refractivity contribution is -0.158. The van der Waals surface area contributed by atoms with Crippen molar-refractivity contribution in [2.45, 2.75) is 84.8 Å². The number of hydrogen-bond donors (Lipinski definition) is 0. The Hall–Kier alpha value is -1.65. The quantitative estimate of drug-likeness (QED) is 0.669. The van der Waals surface area contributed by atoms with Gasteiger partial charge in [0, 0.05) is 31.6 Å². The molecule has 4 aliphatic rings. The molecule has 0 aromatic rings. The Labute approximate surface area is 167 Å². The fraction of sp³-hybridized carbons (Fsp3) is 0.783. The molecule has 0 radical (unpaired) electrons. The number of ketones is 1. The number of fused-ring (bicyclic) bond motifs is 5. The summed E-state index contributed by atoms with van der Waals surface area (Å²) in [4.78, 5) is 36.2. The second-order valence-corrected chi connectivity index (χ2v) is 9.92. The smallest absolute Gasteiger partial charge is 0.302 e. The van der Waals surface area contributed by atoms with E-state index in [2.05, 4.69) is 13.8 Å². The van der Waals surface area contributed by atoms with Crippen molar-refractivity contribution in [3.05, 3.63) is 11.6 Å². The molecule has 3 fully saturated rings. The van der Waals surface area contributed by atoms with Crippen LogP contribution in [-0.2, 0) is 23.9 Å².